The molecule has 0 fully saturated rings. The second-order valence-corrected chi connectivity index (χ2v) is 5.75. The van der Waals surface area contributed by atoms with Crippen molar-refractivity contribution < 1.29 is 0 Å². The molecule has 6 heteroatoms. The van der Waals surface area contributed by atoms with Gasteiger partial charge in [-0.25, -0.2) is 4.98 Å². The topological polar surface area (TPSA) is 79.7 Å². The number of nitrogens with zero attached hydrogens (tertiary/aromatic N) is 3. The van der Waals surface area contributed by atoms with E-state index in [9.17, 15) is 5.26 Å². The summed E-state index contributed by atoms with van der Waals surface area (Å²) in [7, 11) is 0. The van der Waals surface area contributed by atoms with Gasteiger partial charge in [0.25, 0.3) is 0 Å². The van der Waals surface area contributed by atoms with Crippen LogP contribution in [-0.4, -0.2) is 9.55 Å². The van der Waals surface area contributed by atoms with E-state index in [4.69, 9.17) is 17.3 Å². The molecule has 1 atom stereocenters. The third-order valence-electron chi connectivity index (χ3n) is 3.95. The van der Waals surface area contributed by atoms with Crippen molar-refractivity contribution in [3.8, 4) is 6.07 Å². The molecule has 1 unspecified atom stereocenters. The zero-order chi connectivity index (χ0) is 16.0. The summed E-state index contributed by atoms with van der Waals surface area (Å²) in [4.78, 5) is 4.57. The van der Waals surface area contributed by atoms with Crippen molar-refractivity contribution in [2.24, 2.45) is 5.73 Å². The number of nitrogens with two attached hydrogens (primary N) is 1. The van der Waals surface area contributed by atoms with E-state index in [1.807, 2.05) is 47.0 Å². The van der Waals surface area contributed by atoms with Gasteiger partial charge in [-0.15, -0.1) is 0 Å². The molecule has 2 aromatic carbocycles. The summed E-state index contributed by atoms with van der Waals surface area (Å²) >= 11 is 6.14. The van der Waals surface area contributed by atoms with Crippen LogP contribution in [0.1, 0.15) is 11.6 Å². The molecule has 0 saturated carbocycles. The van der Waals surface area contributed by atoms with Crippen LogP contribution < -0.4 is 11.1 Å². The SMILES string of the molecule is N#CC1=C(N)Nc2nc3ccccc3n2C1c1cccc(Cl)c1. The van der Waals surface area contributed by atoms with Gasteiger partial charge in [0.15, 0.2) is 0 Å². The van der Waals surface area contributed by atoms with Gasteiger partial charge in [0.05, 0.1) is 16.6 Å². The Morgan fingerprint density at radius 2 is 2.04 bits per heavy atom. The first kappa shape index (κ1) is 13.7. The lowest BCUT2D eigenvalue weighted by Crippen LogP contribution is -2.27. The zero-order valence-electron chi connectivity index (χ0n) is 12.0. The number of nitriles is 1. The zero-order valence-corrected chi connectivity index (χ0v) is 12.7. The molecule has 0 saturated heterocycles. The number of anilines is 1. The Labute approximate surface area is 137 Å². The van der Waals surface area contributed by atoms with Crippen LogP contribution in [0.4, 0.5) is 5.95 Å². The van der Waals surface area contributed by atoms with Crippen molar-refractivity contribution in [1.82, 2.24) is 9.55 Å². The lowest BCUT2D eigenvalue weighted by Gasteiger charge is -2.27. The minimum atomic E-state index is -0.359. The highest BCUT2D eigenvalue weighted by Crippen LogP contribution is 2.38. The molecule has 5 nitrogen and oxygen atoms in total. The second kappa shape index (κ2) is 5.04. The Kier molecular flexibility index (Phi) is 3.00. The first-order valence-corrected chi connectivity index (χ1v) is 7.46. The maximum absolute atomic E-state index is 9.60. The molecule has 1 aliphatic rings. The first-order chi connectivity index (χ1) is 11.2. The Morgan fingerprint density at radius 3 is 2.83 bits per heavy atom. The van der Waals surface area contributed by atoms with Crippen LogP contribution in [0.15, 0.2) is 59.9 Å². The Morgan fingerprint density at radius 1 is 1.22 bits per heavy atom. The minimum absolute atomic E-state index is 0.320. The number of fused-ring (bicyclic) bond motifs is 3. The van der Waals surface area contributed by atoms with Crippen molar-refractivity contribution in [3.05, 3.63) is 70.5 Å². The van der Waals surface area contributed by atoms with E-state index in [-0.39, 0.29) is 6.04 Å². The highest BCUT2D eigenvalue weighted by atomic mass is 35.5. The molecule has 4 rings (SSSR count). The van der Waals surface area contributed by atoms with Crippen LogP contribution in [0.3, 0.4) is 0 Å². The van der Waals surface area contributed by atoms with E-state index in [1.165, 1.54) is 0 Å². The van der Waals surface area contributed by atoms with E-state index < -0.39 is 0 Å². The number of hydrogen-bond acceptors (Lipinski definition) is 4. The highest BCUT2D eigenvalue weighted by molar-refractivity contribution is 6.30. The maximum atomic E-state index is 9.60. The molecular weight excluding hydrogens is 310 g/mol. The summed E-state index contributed by atoms with van der Waals surface area (Å²) < 4.78 is 1.98. The average molecular weight is 322 g/mol. The Balaban J connectivity index is 2.04. The molecule has 0 radical (unpaired) electrons. The summed E-state index contributed by atoms with van der Waals surface area (Å²) in [5, 5.41) is 13.2. The monoisotopic (exact) mass is 321 g/mol. The van der Waals surface area contributed by atoms with E-state index in [1.54, 1.807) is 6.07 Å². The van der Waals surface area contributed by atoms with Gasteiger partial charge >= 0.3 is 0 Å². The lowest BCUT2D eigenvalue weighted by atomic mass is 9.97. The maximum Gasteiger partial charge on any atom is 0.210 e. The van der Waals surface area contributed by atoms with Gasteiger partial charge in [-0.2, -0.15) is 5.26 Å². The second-order valence-electron chi connectivity index (χ2n) is 5.32. The number of allylic oxidation sites excluding steroid dienone is 1. The molecule has 23 heavy (non-hydrogen) atoms. The van der Waals surface area contributed by atoms with Gasteiger partial charge < -0.3 is 11.1 Å². The summed E-state index contributed by atoms with van der Waals surface area (Å²) in [6.45, 7) is 0. The third-order valence-corrected chi connectivity index (χ3v) is 4.18. The van der Waals surface area contributed by atoms with Crippen LogP contribution in [0.25, 0.3) is 11.0 Å². The van der Waals surface area contributed by atoms with E-state index >= 15 is 0 Å². The van der Waals surface area contributed by atoms with Crippen molar-refractivity contribution in [2.75, 3.05) is 5.32 Å². The molecule has 0 aliphatic carbocycles. The molecule has 112 valence electrons. The minimum Gasteiger partial charge on any atom is -0.384 e. The molecule has 0 amide bonds. The fourth-order valence-electron chi connectivity index (χ4n) is 2.97. The van der Waals surface area contributed by atoms with Crippen molar-refractivity contribution in [1.29, 1.82) is 5.26 Å². The summed E-state index contributed by atoms with van der Waals surface area (Å²) in [5.41, 5.74) is 9.16. The molecule has 2 heterocycles. The number of hydrogen-bond donors (Lipinski definition) is 2. The number of halogens is 1. The van der Waals surface area contributed by atoms with E-state index in [0.29, 0.717) is 22.4 Å². The van der Waals surface area contributed by atoms with Crippen LogP contribution in [-0.2, 0) is 0 Å². The van der Waals surface area contributed by atoms with Crippen LogP contribution in [0.2, 0.25) is 5.02 Å². The highest BCUT2D eigenvalue weighted by Gasteiger charge is 2.30. The standard InChI is InChI=1S/C17H12ClN5/c18-11-5-3-4-10(8-11)15-12(9-19)16(20)22-17-21-13-6-1-2-7-14(13)23(15)17/h1-8,15H,20H2,(H,21,22). The quantitative estimate of drug-likeness (QED) is 0.720. The average Bonchev–Trinajstić information content (AvgIpc) is 2.91. The normalized spacial score (nSPS) is 16.8. The Hall–Kier alpha value is -2.97. The van der Waals surface area contributed by atoms with Gasteiger partial charge in [-0.3, -0.25) is 4.57 Å². The molecular formula is C17H12ClN5. The number of rotatable bonds is 1. The van der Waals surface area contributed by atoms with Gasteiger partial charge in [-0.05, 0) is 29.8 Å². The lowest BCUT2D eigenvalue weighted by molar-refractivity contribution is 0.680. The van der Waals surface area contributed by atoms with Crippen LogP contribution in [0, 0.1) is 11.3 Å². The number of para-hydroxylation sites is 2. The molecule has 3 N–H and O–H groups in total. The number of imidazole rings is 1. The summed E-state index contributed by atoms with van der Waals surface area (Å²) in [5.74, 6) is 0.938. The van der Waals surface area contributed by atoms with Gasteiger partial charge in [0, 0.05) is 5.02 Å². The van der Waals surface area contributed by atoms with Gasteiger partial charge in [-0.1, -0.05) is 35.9 Å². The van der Waals surface area contributed by atoms with Crippen LogP contribution >= 0.6 is 11.6 Å². The van der Waals surface area contributed by atoms with Gasteiger partial charge in [0.2, 0.25) is 5.95 Å². The van der Waals surface area contributed by atoms with Crippen molar-refractivity contribution in [3.63, 3.8) is 0 Å². The van der Waals surface area contributed by atoms with E-state index in [0.717, 1.165) is 16.6 Å². The summed E-state index contributed by atoms with van der Waals surface area (Å²) in [6, 6.07) is 17.1. The number of benzene rings is 2. The van der Waals surface area contributed by atoms with Crippen LogP contribution in [0.5, 0.6) is 0 Å². The van der Waals surface area contributed by atoms with Gasteiger partial charge in [0.1, 0.15) is 17.9 Å². The van der Waals surface area contributed by atoms with Crippen molar-refractivity contribution in [2.45, 2.75) is 6.04 Å². The molecule has 1 aromatic heterocycles. The number of aromatic nitrogens is 2. The smallest absolute Gasteiger partial charge is 0.210 e. The third kappa shape index (κ3) is 2.04. The Bertz CT molecular complexity index is 996. The number of nitrogens with one attached hydrogen (secondary N) is 1. The summed E-state index contributed by atoms with van der Waals surface area (Å²) in [6.07, 6.45) is 0. The fourth-order valence-corrected chi connectivity index (χ4v) is 3.17. The molecule has 1 aliphatic heterocycles. The van der Waals surface area contributed by atoms with E-state index in [2.05, 4.69) is 16.4 Å². The fraction of sp³-hybridized carbons (Fsp3) is 0.0588. The molecule has 0 bridgehead atoms. The predicted octanol–water partition coefficient (Wildman–Crippen LogP) is 3.40. The molecule has 3 aromatic rings. The first-order valence-electron chi connectivity index (χ1n) is 7.08. The van der Waals surface area contributed by atoms with Crippen molar-refractivity contribution >= 4 is 28.6 Å². The largest absolute Gasteiger partial charge is 0.384 e. The molecule has 0 spiro atoms. The predicted molar refractivity (Wildman–Crippen MR) is 89.8 cm³/mol.